The summed E-state index contributed by atoms with van der Waals surface area (Å²) in [4.78, 5) is 18.7. The molecule has 0 aliphatic carbocycles. The lowest BCUT2D eigenvalue weighted by Crippen LogP contribution is -2.24. The van der Waals surface area contributed by atoms with Crippen LogP contribution in [0.3, 0.4) is 0 Å². The molecule has 0 saturated heterocycles. The number of imidazole rings is 1. The lowest BCUT2D eigenvalue weighted by molar-refractivity contribution is 0.0950. The van der Waals surface area contributed by atoms with Crippen molar-refractivity contribution in [3.8, 4) is 11.8 Å². The molecule has 1 heterocycles. The van der Waals surface area contributed by atoms with Gasteiger partial charge in [0.25, 0.3) is 5.91 Å². The van der Waals surface area contributed by atoms with E-state index in [1.807, 2.05) is 0 Å². The maximum atomic E-state index is 13.2. The molecule has 0 aliphatic rings. The molecule has 102 valence electrons. The van der Waals surface area contributed by atoms with Crippen molar-refractivity contribution in [3.05, 3.63) is 53.4 Å². The molecule has 3 N–H and O–H groups in total. The zero-order chi connectivity index (χ0) is 14.4. The number of aromatic nitrogens is 2. The highest BCUT2D eigenvalue weighted by molar-refractivity contribution is 5.96. The Morgan fingerprint density at radius 2 is 2.35 bits per heavy atom. The van der Waals surface area contributed by atoms with Gasteiger partial charge in [-0.2, -0.15) is 0 Å². The fourth-order valence-corrected chi connectivity index (χ4v) is 1.60. The largest absolute Gasteiger partial charge is 0.384 e. The normalized spacial score (nSPS) is 9.70. The van der Waals surface area contributed by atoms with Gasteiger partial charge in [0, 0.05) is 11.8 Å². The molecule has 0 radical (unpaired) electrons. The van der Waals surface area contributed by atoms with Gasteiger partial charge in [0.1, 0.15) is 12.4 Å². The van der Waals surface area contributed by atoms with E-state index >= 15 is 0 Å². The van der Waals surface area contributed by atoms with Crippen LogP contribution >= 0.6 is 0 Å². The molecule has 20 heavy (non-hydrogen) atoms. The number of nitrogens with zero attached hydrogens (tertiary/aromatic N) is 1. The predicted octanol–water partition coefficient (Wildman–Crippen LogP) is 0.823. The van der Waals surface area contributed by atoms with Crippen LogP contribution in [0.5, 0.6) is 0 Å². The van der Waals surface area contributed by atoms with Gasteiger partial charge in [-0.05, 0) is 18.2 Å². The van der Waals surface area contributed by atoms with Crippen LogP contribution in [0.4, 0.5) is 4.39 Å². The van der Waals surface area contributed by atoms with Crippen molar-refractivity contribution in [2.45, 2.75) is 6.54 Å². The number of nitrogens with one attached hydrogen (secondary N) is 2. The first-order valence-electron chi connectivity index (χ1n) is 5.85. The van der Waals surface area contributed by atoms with E-state index in [0.29, 0.717) is 5.56 Å². The fraction of sp³-hybridized carbons (Fsp3) is 0.143. The number of amides is 1. The summed E-state index contributed by atoms with van der Waals surface area (Å²) in [6.07, 6.45) is 3.08. The quantitative estimate of drug-likeness (QED) is 0.725. The lowest BCUT2D eigenvalue weighted by atomic mass is 10.1. The molecule has 0 atom stereocenters. The van der Waals surface area contributed by atoms with Gasteiger partial charge < -0.3 is 15.4 Å². The standard InChI is InChI=1S/C14H12FN3O2/c15-11-4-3-10(2-1-5-19)13(6-11)14(20)17-8-12-7-16-9-18-12/h3-4,6-7,9,19H,5,8H2,(H,16,18)(H,17,20). The highest BCUT2D eigenvalue weighted by Crippen LogP contribution is 2.10. The number of hydrogen-bond donors (Lipinski definition) is 3. The lowest BCUT2D eigenvalue weighted by Gasteiger charge is -2.06. The first kappa shape index (κ1) is 13.8. The van der Waals surface area contributed by atoms with Gasteiger partial charge in [-0.15, -0.1) is 0 Å². The Hall–Kier alpha value is -2.65. The zero-order valence-corrected chi connectivity index (χ0v) is 10.5. The minimum Gasteiger partial charge on any atom is -0.384 e. The van der Waals surface area contributed by atoms with Crippen LogP contribution in [0.1, 0.15) is 21.6 Å². The van der Waals surface area contributed by atoms with Gasteiger partial charge in [-0.3, -0.25) is 4.79 Å². The van der Waals surface area contributed by atoms with Crippen LogP contribution < -0.4 is 5.32 Å². The van der Waals surface area contributed by atoms with Gasteiger partial charge in [0.15, 0.2) is 0 Å². The summed E-state index contributed by atoms with van der Waals surface area (Å²) in [5.74, 6) is 4.09. The second-order valence-electron chi connectivity index (χ2n) is 3.91. The van der Waals surface area contributed by atoms with Crippen LogP contribution in [0.25, 0.3) is 0 Å². The van der Waals surface area contributed by atoms with Crippen molar-refractivity contribution in [2.24, 2.45) is 0 Å². The Morgan fingerprint density at radius 1 is 1.50 bits per heavy atom. The summed E-state index contributed by atoms with van der Waals surface area (Å²) < 4.78 is 13.2. The SMILES string of the molecule is O=C(NCc1cnc[nH]1)c1cc(F)ccc1C#CCO. The Morgan fingerprint density at radius 3 is 3.05 bits per heavy atom. The number of aliphatic hydroxyl groups excluding tert-OH is 1. The maximum absolute atomic E-state index is 13.2. The number of carbonyl (C=O) groups excluding carboxylic acids is 1. The predicted molar refractivity (Wildman–Crippen MR) is 70.1 cm³/mol. The smallest absolute Gasteiger partial charge is 0.252 e. The molecule has 2 aromatic rings. The molecule has 0 aliphatic heterocycles. The number of benzene rings is 1. The molecule has 0 saturated carbocycles. The summed E-state index contributed by atoms with van der Waals surface area (Å²) in [7, 11) is 0. The highest BCUT2D eigenvalue weighted by atomic mass is 19.1. The van der Waals surface area contributed by atoms with Crippen LogP contribution in [0.2, 0.25) is 0 Å². The second kappa shape index (κ2) is 6.50. The van der Waals surface area contributed by atoms with Crippen LogP contribution in [0.15, 0.2) is 30.7 Å². The van der Waals surface area contributed by atoms with Crippen molar-refractivity contribution in [3.63, 3.8) is 0 Å². The van der Waals surface area contributed by atoms with E-state index in [0.717, 1.165) is 11.8 Å². The van der Waals surface area contributed by atoms with Crippen LogP contribution in [0, 0.1) is 17.7 Å². The van der Waals surface area contributed by atoms with Crippen molar-refractivity contribution >= 4 is 5.91 Å². The summed E-state index contributed by atoms with van der Waals surface area (Å²) in [6.45, 7) is -0.0746. The Bertz CT molecular complexity index is 657. The number of hydrogen-bond acceptors (Lipinski definition) is 3. The minimum absolute atomic E-state index is 0.130. The average molecular weight is 273 g/mol. The van der Waals surface area contributed by atoms with E-state index in [4.69, 9.17) is 5.11 Å². The second-order valence-corrected chi connectivity index (χ2v) is 3.91. The van der Waals surface area contributed by atoms with Gasteiger partial charge in [-0.25, -0.2) is 9.37 Å². The topological polar surface area (TPSA) is 78.0 Å². The van der Waals surface area contributed by atoms with E-state index in [1.165, 1.54) is 18.5 Å². The van der Waals surface area contributed by atoms with Crippen molar-refractivity contribution < 1.29 is 14.3 Å². The van der Waals surface area contributed by atoms with E-state index in [1.54, 1.807) is 6.20 Å². The van der Waals surface area contributed by atoms with Crippen LogP contribution in [-0.2, 0) is 6.54 Å². The van der Waals surface area contributed by atoms with Crippen LogP contribution in [-0.4, -0.2) is 27.6 Å². The van der Waals surface area contributed by atoms with E-state index in [9.17, 15) is 9.18 Å². The summed E-state index contributed by atoms with van der Waals surface area (Å²) in [5.41, 5.74) is 1.23. The third-order valence-electron chi connectivity index (χ3n) is 2.52. The number of halogens is 1. The number of aromatic amines is 1. The molecule has 0 fully saturated rings. The molecule has 1 aromatic carbocycles. The Kier molecular flexibility index (Phi) is 4.47. The molecule has 0 bridgehead atoms. The Balaban J connectivity index is 2.17. The van der Waals surface area contributed by atoms with Gasteiger partial charge >= 0.3 is 0 Å². The maximum Gasteiger partial charge on any atom is 0.252 e. The number of rotatable bonds is 3. The monoisotopic (exact) mass is 273 g/mol. The fourth-order valence-electron chi connectivity index (χ4n) is 1.60. The third kappa shape index (κ3) is 3.43. The third-order valence-corrected chi connectivity index (χ3v) is 2.52. The minimum atomic E-state index is -0.522. The number of H-pyrrole nitrogens is 1. The number of carbonyl (C=O) groups is 1. The number of aliphatic hydroxyl groups is 1. The first-order chi connectivity index (χ1) is 9.70. The molecule has 2 rings (SSSR count). The van der Waals surface area contributed by atoms with E-state index in [2.05, 4.69) is 27.1 Å². The molecule has 5 nitrogen and oxygen atoms in total. The van der Waals surface area contributed by atoms with Crippen molar-refractivity contribution in [2.75, 3.05) is 6.61 Å². The first-order valence-corrected chi connectivity index (χ1v) is 5.85. The average Bonchev–Trinajstić information content (AvgIpc) is 2.96. The molecular formula is C14H12FN3O2. The summed E-state index contributed by atoms with van der Waals surface area (Å²) >= 11 is 0. The van der Waals surface area contributed by atoms with Gasteiger partial charge in [0.05, 0.1) is 24.1 Å². The van der Waals surface area contributed by atoms with Crippen molar-refractivity contribution in [1.82, 2.24) is 15.3 Å². The van der Waals surface area contributed by atoms with Gasteiger partial charge in [0.2, 0.25) is 0 Å². The van der Waals surface area contributed by atoms with Crippen molar-refractivity contribution in [1.29, 1.82) is 0 Å². The van der Waals surface area contributed by atoms with E-state index in [-0.39, 0.29) is 18.7 Å². The molecule has 6 heteroatoms. The molecule has 1 amide bonds. The summed E-state index contributed by atoms with van der Waals surface area (Å²) in [5, 5.41) is 11.3. The van der Waals surface area contributed by atoms with E-state index < -0.39 is 11.7 Å². The zero-order valence-electron chi connectivity index (χ0n) is 10.5. The molecule has 1 aromatic heterocycles. The van der Waals surface area contributed by atoms with Gasteiger partial charge in [-0.1, -0.05) is 11.8 Å². The molecular weight excluding hydrogens is 261 g/mol. The Labute approximate surface area is 114 Å². The highest BCUT2D eigenvalue weighted by Gasteiger charge is 2.11. The molecule has 0 unspecified atom stereocenters. The molecule has 0 spiro atoms. The summed E-state index contributed by atoms with van der Waals surface area (Å²) in [6, 6.07) is 3.74.